The fourth-order valence-electron chi connectivity index (χ4n) is 2.93. The number of benzene rings is 1. The second-order valence-corrected chi connectivity index (χ2v) is 6.00. The number of nitrogens with zero attached hydrogens (tertiary/aromatic N) is 1. The minimum absolute atomic E-state index is 0.171. The lowest BCUT2D eigenvalue weighted by Gasteiger charge is -2.35. The highest BCUT2D eigenvalue weighted by Crippen LogP contribution is 2.33. The van der Waals surface area contributed by atoms with Crippen molar-refractivity contribution in [1.82, 2.24) is 5.32 Å². The molecule has 21 heavy (non-hydrogen) atoms. The van der Waals surface area contributed by atoms with Gasteiger partial charge in [0.05, 0.1) is 6.07 Å². The molecule has 0 spiro atoms. The van der Waals surface area contributed by atoms with Crippen molar-refractivity contribution in [2.45, 2.75) is 51.5 Å². The Morgan fingerprint density at radius 1 is 1.48 bits per heavy atom. The molecule has 1 aliphatic carbocycles. The molecule has 0 unspecified atom stereocenters. The number of carbonyl (C=O) groups is 1. The van der Waals surface area contributed by atoms with Gasteiger partial charge in [0.25, 0.3) is 5.91 Å². The summed E-state index contributed by atoms with van der Waals surface area (Å²) in [7, 11) is 0. The zero-order valence-corrected chi connectivity index (χ0v) is 12.6. The lowest BCUT2D eigenvalue weighted by Crippen LogP contribution is -2.49. The smallest absolute Gasteiger partial charge is 0.252 e. The first-order valence-corrected chi connectivity index (χ1v) is 7.53. The lowest BCUT2D eigenvalue weighted by atomic mass is 9.76. The first-order valence-electron chi connectivity index (χ1n) is 7.53. The van der Waals surface area contributed by atoms with Gasteiger partial charge < -0.3 is 10.4 Å². The number of phenols is 1. The van der Waals surface area contributed by atoms with Crippen LogP contribution in [0.15, 0.2) is 18.2 Å². The van der Waals surface area contributed by atoms with E-state index >= 15 is 0 Å². The third kappa shape index (κ3) is 3.36. The molecule has 2 rings (SSSR count). The van der Waals surface area contributed by atoms with Gasteiger partial charge in [0.2, 0.25) is 0 Å². The summed E-state index contributed by atoms with van der Waals surface area (Å²) in [6.07, 6.45) is 4.53. The van der Waals surface area contributed by atoms with Crippen LogP contribution in [0.2, 0.25) is 0 Å². The van der Waals surface area contributed by atoms with Gasteiger partial charge >= 0.3 is 0 Å². The summed E-state index contributed by atoms with van der Waals surface area (Å²) in [5.41, 5.74) is 0.398. The minimum Gasteiger partial charge on any atom is -0.508 e. The van der Waals surface area contributed by atoms with Crippen LogP contribution in [0.4, 0.5) is 0 Å². The van der Waals surface area contributed by atoms with E-state index in [1.165, 1.54) is 6.07 Å². The second-order valence-electron chi connectivity index (χ2n) is 6.00. The van der Waals surface area contributed by atoms with Gasteiger partial charge in [-0.15, -0.1) is 0 Å². The molecule has 1 aliphatic rings. The zero-order chi connectivity index (χ0) is 15.5. The van der Waals surface area contributed by atoms with Gasteiger partial charge in [-0.05, 0) is 62.3 Å². The van der Waals surface area contributed by atoms with Crippen molar-refractivity contribution in [3.8, 4) is 11.8 Å². The van der Waals surface area contributed by atoms with Crippen LogP contribution in [0.25, 0.3) is 0 Å². The van der Waals surface area contributed by atoms with Crippen molar-refractivity contribution < 1.29 is 9.90 Å². The van der Waals surface area contributed by atoms with Crippen molar-refractivity contribution >= 4 is 5.91 Å². The molecule has 4 nitrogen and oxygen atoms in total. The second kappa shape index (κ2) is 6.17. The predicted octanol–water partition coefficient (Wildman–Crippen LogP) is 3.29. The summed E-state index contributed by atoms with van der Waals surface area (Å²) in [5.74, 6) is 0.596. The molecule has 0 bridgehead atoms. The SMILES string of the molecule is CCC1CCC(C#N)(NC(=O)c2ccc(O)c(C)c2)CC1. The maximum atomic E-state index is 12.3. The van der Waals surface area contributed by atoms with E-state index in [-0.39, 0.29) is 11.7 Å². The van der Waals surface area contributed by atoms with Crippen molar-refractivity contribution in [1.29, 1.82) is 5.26 Å². The summed E-state index contributed by atoms with van der Waals surface area (Å²) >= 11 is 0. The predicted molar refractivity (Wildman–Crippen MR) is 80.9 cm³/mol. The highest BCUT2D eigenvalue weighted by atomic mass is 16.3. The third-order valence-electron chi connectivity index (χ3n) is 4.56. The minimum atomic E-state index is -0.742. The van der Waals surface area contributed by atoms with Gasteiger partial charge in [-0.2, -0.15) is 5.26 Å². The lowest BCUT2D eigenvalue weighted by molar-refractivity contribution is 0.0891. The van der Waals surface area contributed by atoms with Crippen LogP contribution in [0.5, 0.6) is 5.75 Å². The Bertz CT molecular complexity index is 567. The standard InChI is InChI=1S/C17H22N2O2/c1-3-13-6-8-17(11-18,9-7-13)19-16(21)14-4-5-15(20)12(2)10-14/h4-5,10,13,20H,3,6-9H2,1-2H3,(H,19,21). The maximum absolute atomic E-state index is 12.3. The van der Waals surface area contributed by atoms with Crippen LogP contribution in [0.1, 0.15) is 54.9 Å². The first kappa shape index (κ1) is 15.4. The number of carbonyl (C=O) groups excluding carboxylic acids is 1. The third-order valence-corrected chi connectivity index (χ3v) is 4.56. The quantitative estimate of drug-likeness (QED) is 0.895. The van der Waals surface area contributed by atoms with Gasteiger partial charge in [0, 0.05) is 5.56 Å². The molecular weight excluding hydrogens is 264 g/mol. The number of nitriles is 1. The summed E-state index contributed by atoms with van der Waals surface area (Å²) in [6, 6.07) is 7.05. The van der Waals surface area contributed by atoms with E-state index in [2.05, 4.69) is 18.3 Å². The molecule has 0 heterocycles. The molecule has 1 saturated carbocycles. The normalized spacial score (nSPS) is 25.1. The Balaban J connectivity index is 2.10. The summed E-state index contributed by atoms with van der Waals surface area (Å²) in [4.78, 5) is 12.3. The molecule has 112 valence electrons. The molecule has 1 fully saturated rings. The van der Waals surface area contributed by atoms with Gasteiger partial charge in [-0.3, -0.25) is 4.79 Å². The Labute approximate surface area is 125 Å². The summed E-state index contributed by atoms with van der Waals surface area (Å²) < 4.78 is 0. The number of hydrogen-bond acceptors (Lipinski definition) is 3. The van der Waals surface area contributed by atoms with Crippen molar-refractivity contribution in [3.63, 3.8) is 0 Å². The zero-order valence-electron chi connectivity index (χ0n) is 12.6. The van der Waals surface area contributed by atoms with Crippen molar-refractivity contribution in [3.05, 3.63) is 29.3 Å². The molecule has 2 N–H and O–H groups in total. The van der Waals surface area contributed by atoms with E-state index < -0.39 is 5.54 Å². The average Bonchev–Trinajstić information content (AvgIpc) is 2.50. The highest BCUT2D eigenvalue weighted by molar-refractivity contribution is 5.95. The number of rotatable bonds is 3. The molecular formula is C17H22N2O2. The fourth-order valence-corrected chi connectivity index (χ4v) is 2.93. The number of aromatic hydroxyl groups is 1. The Morgan fingerprint density at radius 3 is 2.67 bits per heavy atom. The Morgan fingerprint density at radius 2 is 2.14 bits per heavy atom. The van der Waals surface area contributed by atoms with Crippen LogP contribution in [0.3, 0.4) is 0 Å². The van der Waals surface area contributed by atoms with Crippen molar-refractivity contribution in [2.75, 3.05) is 0 Å². The Kier molecular flexibility index (Phi) is 4.52. The number of nitrogens with one attached hydrogen (secondary N) is 1. The molecule has 1 aromatic rings. The molecule has 1 aromatic carbocycles. The highest BCUT2D eigenvalue weighted by Gasteiger charge is 2.36. The maximum Gasteiger partial charge on any atom is 0.252 e. The van der Waals surface area contributed by atoms with Crippen LogP contribution >= 0.6 is 0 Å². The average molecular weight is 286 g/mol. The molecule has 0 atom stereocenters. The molecule has 0 radical (unpaired) electrons. The molecule has 0 aromatic heterocycles. The van der Waals surface area contributed by atoms with E-state index in [1.54, 1.807) is 19.1 Å². The number of aryl methyl sites for hydroxylation is 1. The Hall–Kier alpha value is -2.02. The molecule has 0 saturated heterocycles. The number of amides is 1. The molecule has 1 amide bonds. The van der Waals surface area contributed by atoms with E-state index in [9.17, 15) is 15.2 Å². The summed E-state index contributed by atoms with van der Waals surface area (Å²) in [6.45, 7) is 3.92. The van der Waals surface area contributed by atoms with Crippen LogP contribution in [0, 0.1) is 24.2 Å². The van der Waals surface area contributed by atoms with E-state index in [0.717, 1.165) is 19.3 Å². The van der Waals surface area contributed by atoms with E-state index in [4.69, 9.17) is 0 Å². The van der Waals surface area contributed by atoms with E-state index in [0.29, 0.717) is 29.9 Å². The van der Waals surface area contributed by atoms with Crippen LogP contribution in [-0.4, -0.2) is 16.6 Å². The number of phenolic OH excluding ortho intramolecular Hbond substituents is 1. The largest absolute Gasteiger partial charge is 0.508 e. The summed E-state index contributed by atoms with van der Waals surface area (Å²) in [5, 5.41) is 21.9. The van der Waals surface area contributed by atoms with Gasteiger partial charge in [0.1, 0.15) is 11.3 Å². The fraction of sp³-hybridized carbons (Fsp3) is 0.529. The van der Waals surface area contributed by atoms with Gasteiger partial charge in [0.15, 0.2) is 0 Å². The van der Waals surface area contributed by atoms with Gasteiger partial charge in [-0.25, -0.2) is 0 Å². The molecule has 0 aliphatic heterocycles. The monoisotopic (exact) mass is 286 g/mol. The van der Waals surface area contributed by atoms with Crippen molar-refractivity contribution in [2.24, 2.45) is 5.92 Å². The topological polar surface area (TPSA) is 73.1 Å². The van der Waals surface area contributed by atoms with Crippen LogP contribution in [-0.2, 0) is 0 Å². The van der Waals surface area contributed by atoms with Gasteiger partial charge in [-0.1, -0.05) is 13.3 Å². The van der Waals surface area contributed by atoms with E-state index in [1.807, 2.05) is 0 Å². The number of hydrogen-bond donors (Lipinski definition) is 2. The first-order chi connectivity index (χ1) is 9.99. The van der Waals surface area contributed by atoms with Crippen LogP contribution < -0.4 is 5.32 Å². The molecule has 4 heteroatoms.